The van der Waals surface area contributed by atoms with Gasteiger partial charge in [0.25, 0.3) is 5.91 Å². The average molecular weight is 415 g/mol. The first-order chi connectivity index (χ1) is 15.0. The second kappa shape index (κ2) is 9.14. The number of ether oxygens (including phenoxy) is 2. The quantitative estimate of drug-likeness (QED) is 0.588. The van der Waals surface area contributed by atoms with Crippen molar-refractivity contribution >= 4 is 11.9 Å². The summed E-state index contributed by atoms with van der Waals surface area (Å²) < 4.78 is 11.2. The molecule has 1 amide bonds. The zero-order valence-corrected chi connectivity index (χ0v) is 17.5. The highest BCUT2D eigenvalue weighted by atomic mass is 16.6. The Bertz CT molecular complexity index is 1060. The summed E-state index contributed by atoms with van der Waals surface area (Å²) in [6.07, 6.45) is 0.360. The molecule has 31 heavy (non-hydrogen) atoms. The van der Waals surface area contributed by atoms with Gasteiger partial charge in [-0.05, 0) is 35.2 Å². The van der Waals surface area contributed by atoms with E-state index in [2.05, 4.69) is 5.32 Å². The molecule has 0 bridgehead atoms. The van der Waals surface area contributed by atoms with Gasteiger partial charge in [-0.15, -0.1) is 0 Å². The third kappa shape index (κ3) is 5.01. The molecule has 1 aliphatic rings. The van der Waals surface area contributed by atoms with Crippen LogP contribution in [-0.2, 0) is 40.4 Å². The minimum atomic E-state index is -1.21. The summed E-state index contributed by atoms with van der Waals surface area (Å²) in [5.41, 5.74) is 3.31. The number of fused-ring (bicyclic) bond motifs is 1. The highest BCUT2D eigenvalue weighted by molar-refractivity contribution is 5.97. The third-order valence-electron chi connectivity index (χ3n) is 5.42. The first-order valence-electron chi connectivity index (χ1n) is 10.3. The van der Waals surface area contributed by atoms with E-state index in [1.807, 2.05) is 66.7 Å². The molecule has 0 spiro atoms. The SMILES string of the molecule is CC1(C(=O)NCc2ccc(COCc3ccccc3)cc2)Cc2ccccc2C(=O)O1. The molecule has 3 aromatic carbocycles. The molecule has 0 radical (unpaired) electrons. The standard InChI is InChI=1S/C26H25NO4/c1-26(15-22-9-5-6-10-23(22)24(28)31-26)25(29)27-16-19-11-13-21(14-12-19)18-30-17-20-7-3-2-4-8-20/h2-14H,15-18H2,1H3,(H,27,29). The maximum atomic E-state index is 12.8. The van der Waals surface area contributed by atoms with Crippen LogP contribution >= 0.6 is 0 Å². The van der Waals surface area contributed by atoms with Crippen molar-refractivity contribution in [1.29, 1.82) is 0 Å². The summed E-state index contributed by atoms with van der Waals surface area (Å²) in [7, 11) is 0. The number of rotatable bonds is 7. The molecule has 1 atom stereocenters. The van der Waals surface area contributed by atoms with Crippen LogP contribution < -0.4 is 5.32 Å². The van der Waals surface area contributed by atoms with Crippen LogP contribution in [0.15, 0.2) is 78.9 Å². The highest BCUT2D eigenvalue weighted by Gasteiger charge is 2.42. The lowest BCUT2D eigenvalue weighted by Crippen LogP contribution is -2.51. The number of esters is 1. The van der Waals surface area contributed by atoms with Crippen LogP contribution in [-0.4, -0.2) is 17.5 Å². The predicted octanol–water partition coefficient (Wildman–Crippen LogP) is 4.19. The van der Waals surface area contributed by atoms with E-state index in [4.69, 9.17) is 9.47 Å². The number of carbonyl (C=O) groups is 2. The number of hydrogen-bond acceptors (Lipinski definition) is 4. The smallest absolute Gasteiger partial charge is 0.339 e. The van der Waals surface area contributed by atoms with Crippen LogP contribution in [0.5, 0.6) is 0 Å². The monoisotopic (exact) mass is 415 g/mol. The Kier molecular flexibility index (Phi) is 6.14. The zero-order valence-electron chi connectivity index (χ0n) is 17.5. The van der Waals surface area contributed by atoms with Gasteiger partial charge in [0.2, 0.25) is 0 Å². The van der Waals surface area contributed by atoms with Crippen molar-refractivity contribution in [2.45, 2.75) is 38.7 Å². The van der Waals surface area contributed by atoms with Gasteiger partial charge >= 0.3 is 5.97 Å². The van der Waals surface area contributed by atoms with Crippen molar-refractivity contribution in [3.8, 4) is 0 Å². The molecule has 158 valence electrons. The topological polar surface area (TPSA) is 64.6 Å². The van der Waals surface area contributed by atoms with Crippen molar-refractivity contribution in [3.05, 3.63) is 107 Å². The molecular formula is C26H25NO4. The number of benzene rings is 3. The van der Waals surface area contributed by atoms with Gasteiger partial charge in [0.1, 0.15) is 0 Å². The van der Waals surface area contributed by atoms with Gasteiger partial charge in [0.05, 0.1) is 18.8 Å². The van der Waals surface area contributed by atoms with E-state index in [1.54, 1.807) is 19.1 Å². The molecule has 0 saturated heterocycles. The van der Waals surface area contributed by atoms with Crippen LogP contribution in [0, 0.1) is 0 Å². The summed E-state index contributed by atoms with van der Waals surface area (Å²) in [6.45, 7) is 3.11. The van der Waals surface area contributed by atoms with E-state index < -0.39 is 11.6 Å². The van der Waals surface area contributed by atoms with Crippen LogP contribution in [0.1, 0.15) is 39.5 Å². The zero-order chi connectivity index (χ0) is 21.7. The van der Waals surface area contributed by atoms with Gasteiger partial charge in [0, 0.05) is 13.0 Å². The molecule has 1 aliphatic heterocycles. The maximum absolute atomic E-state index is 12.8. The number of cyclic esters (lactones) is 1. The van der Waals surface area contributed by atoms with Gasteiger partial charge < -0.3 is 14.8 Å². The van der Waals surface area contributed by atoms with Gasteiger partial charge in [-0.3, -0.25) is 4.79 Å². The van der Waals surface area contributed by atoms with Crippen molar-refractivity contribution in [2.24, 2.45) is 0 Å². The Balaban J connectivity index is 1.29. The normalized spacial score (nSPS) is 17.5. The first kappa shape index (κ1) is 20.8. The molecule has 5 heteroatoms. The fraction of sp³-hybridized carbons (Fsp3) is 0.231. The van der Waals surface area contributed by atoms with Crippen molar-refractivity contribution in [2.75, 3.05) is 0 Å². The van der Waals surface area contributed by atoms with E-state index in [0.29, 0.717) is 31.7 Å². The van der Waals surface area contributed by atoms with E-state index in [9.17, 15) is 9.59 Å². The second-order valence-electron chi connectivity index (χ2n) is 7.93. The molecule has 5 nitrogen and oxygen atoms in total. The molecule has 1 heterocycles. The lowest BCUT2D eigenvalue weighted by molar-refractivity contribution is -0.139. The second-order valence-corrected chi connectivity index (χ2v) is 7.93. The van der Waals surface area contributed by atoms with Gasteiger partial charge in [-0.25, -0.2) is 4.79 Å². The summed E-state index contributed by atoms with van der Waals surface area (Å²) in [4.78, 5) is 25.1. The minimum Gasteiger partial charge on any atom is -0.445 e. The summed E-state index contributed by atoms with van der Waals surface area (Å²) in [6, 6.07) is 25.2. The van der Waals surface area contributed by atoms with Crippen LogP contribution in [0.4, 0.5) is 0 Å². The third-order valence-corrected chi connectivity index (χ3v) is 5.42. The summed E-state index contributed by atoms with van der Waals surface area (Å²) in [5.74, 6) is -0.759. The number of nitrogens with one attached hydrogen (secondary N) is 1. The molecule has 1 unspecified atom stereocenters. The Morgan fingerprint density at radius 1 is 0.903 bits per heavy atom. The number of hydrogen-bond donors (Lipinski definition) is 1. The van der Waals surface area contributed by atoms with E-state index in [1.165, 1.54) is 0 Å². The Hall–Kier alpha value is -3.44. The molecule has 0 aromatic heterocycles. The number of amides is 1. The fourth-order valence-corrected chi connectivity index (χ4v) is 3.64. The van der Waals surface area contributed by atoms with Gasteiger partial charge in [-0.2, -0.15) is 0 Å². The largest absolute Gasteiger partial charge is 0.445 e. The highest BCUT2D eigenvalue weighted by Crippen LogP contribution is 2.28. The summed E-state index contributed by atoms with van der Waals surface area (Å²) in [5, 5.41) is 2.90. The van der Waals surface area contributed by atoms with Crippen molar-refractivity contribution in [1.82, 2.24) is 5.32 Å². The van der Waals surface area contributed by atoms with Crippen molar-refractivity contribution < 1.29 is 19.1 Å². The molecule has 0 saturated carbocycles. The Labute approximate surface area is 182 Å². The minimum absolute atomic E-state index is 0.300. The first-order valence-corrected chi connectivity index (χ1v) is 10.3. The maximum Gasteiger partial charge on any atom is 0.339 e. The van der Waals surface area contributed by atoms with Crippen molar-refractivity contribution in [3.63, 3.8) is 0 Å². The summed E-state index contributed by atoms with van der Waals surface area (Å²) >= 11 is 0. The van der Waals surface area contributed by atoms with Gasteiger partial charge in [0.15, 0.2) is 5.60 Å². The van der Waals surface area contributed by atoms with Gasteiger partial charge in [-0.1, -0.05) is 72.8 Å². The predicted molar refractivity (Wildman–Crippen MR) is 117 cm³/mol. The van der Waals surface area contributed by atoms with E-state index >= 15 is 0 Å². The number of carbonyl (C=O) groups excluding carboxylic acids is 2. The van der Waals surface area contributed by atoms with Crippen LogP contribution in [0.2, 0.25) is 0 Å². The molecule has 3 aromatic rings. The molecule has 4 rings (SSSR count). The Morgan fingerprint density at radius 2 is 1.52 bits per heavy atom. The molecule has 0 fully saturated rings. The fourth-order valence-electron chi connectivity index (χ4n) is 3.64. The molecule has 1 N–H and O–H groups in total. The average Bonchev–Trinajstić information content (AvgIpc) is 2.79. The lowest BCUT2D eigenvalue weighted by atomic mass is 9.89. The molecule has 0 aliphatic carbocycles. The molecular weight excluding hydrogens is 390 g/mol. The van der Waals surface area contributed by atoms with Crippen LogP contribution in [0.25, 0.3) is 0 Å². The Morgan fingerprint density at radius 3 is 2.26 bits per heavy atom. The van der Waals surface area contributed by atoms with E-state index in [0.717, 1.165) is 22.3 Å². The van der Waals surface area contributed by atoms with E-state index in [-0.39, 0.29) is 5.91 Å². The lowest BCUT2D eigenvalue weighted by Gasteiger charge is -2.33. The van der Waals surface area contributed by atoms with Crippen LogP contribution in [0.3, 0.4) is 0 Å².